The topological polar surface area (TPSA) is 77.1 Å². The van der Waals surface area contributed by atoms with Gasteiger partial charge in [-0.25, -0.2) is 9.59 Å². The summed E-state index contributed by atoms with van der Waals surface area (Å²) in [7, 11) is 0. The molecule has 2 amide bonds. The summed E-state index contributed by atoms with van der Waals surface area (Å²) in [5.41, 5.74) is 1.74. The Balaban J connectivity index is 1.11. The maximum Gasteiger partial charge on any atom is 0.410 e. The molecule has 7 nitrogen and oxygen atoms in total. The number of halogens is 1. The molecule has 1 saturated carbocycles. The van der Waals surface area contributed by atoms with E-state index >= 15 is 0 Å². The van der Waals surface area contributed by atoms with Gasteiger partial charge in [0.1, 0.15) is 18.2 Å². The zero-order chi connectivity index (χ0) is 19.0. The van der Waals surface area contributed by atoms with Crippen molar-refractivity contribution in [2.75, 3.05) is 26.3 Å². The number of alkyl carbamates (subject to hydrolysis) is 1. The molecule has 8 heteroatoms. The van der Waals surface area contributed by atoms with Crippen LogP contribution in [0.5, 0.6) is 0 Å². The van der Waals surface area contributed by atoms with Crippen molar-refractivity contribution < 1.29 is 23.8 Å². The van der Waals surface area contributed by atoms with Gasteiger partial charge in [-0.05, 0) is 42.9 Å². The number of rotatable bonds is 5. The van der Waals surface area contributed by atoms with Gasteiger partial charge in [0, 0.05) is 5.02 Å². The van der Waals surface area contributed by atoms with Crippen LogP contribution in [-0.2, 0) is 20.8 Å². The molecule has 2 saturated heterocycles. The van der Waals surface area contributed by atoms with Crippen molar-refractivity contribution in [3.8, 4) is 0 Å². The highest BCUT2D eigenvalue weighted by Gasteiger charge is 2.52. The first-order valence-corrected chi connectivity index (χ1v) is 9.53. The van der Waals surface area contributed by atoms with Crippen molar-refractivity contribution >= 4 is 23.8 Å². The number of amides is 2. The largest absolute Gasteiger partial charge is 0.447 e. The first kappa shape index (κ1) is 18.4. The molecule has 4 rings (SSSR count). The number of cyclic esters (lactones) is 1. The van der Waals surface area contributed by atoms with Crippen LogP contribution < -0.4 is 5.32 Å². The summed E-state index contributed by atoms with van der Waals surface area (Å²) in [5.74, 6) is 0.418. The first-order chi connectivity index (χ1) is 12.9. The van der Waals surface area contributed by atoms with Gasteiger partial charge in [-0.2, -0.15) is 0 Å². The lowest BCUT2D eigenvalue weighted by Crippen LogP contribution is -2.70. The fourth-order valence-electron chi connectivity index (χ4n) is 3.74. The van der Waals surface area contributed by atoms with Crippen LogP contribution in [0.2, 0.25) is 5.02 Å². The van der Waals surface area contributed by atoms with Crippen molar-refractivity contribution in [1.82, 2.24) is 10.2 Å². The fraction of sp³-hybridized carbons (Fsp3) is 0.579. The average Bonchev–Trinajstić information content (AvgIpc) is 2.96. The summed E-state index contributed by atoms with van der Waals surface area (Å²) >= 11 is 6.02. The van der Waals surface area contributed by atoms with E-state index in [-0.39, 0.29) is 12.2 Å². The summed E-state index contributed by atoms with van der Waals surface area (Å²) in [5, 5.41) is 3.51. The number of likely N-dealkylation sites (tertiary alicyclic amines) is 1. The normalized spacial score (nSPS) is 25.4. The molecular formula is C19H23ClN2O5. The van der Waals surface area contributed by atoms with E-state index in [1.165, 1.54) is 0 Å². The van der Waals surface area contributed by atoms with E-state index in [0.29, 0.717) is 38.8 Å². The maximum absolute atomic E-state index is 12.1. The number of carbonyl (C=O) groups excluding carboxylic acids is 2. The van der Waals surface area contributed by atoms with Crippen molar-refractivity contribution in [3.63, 3.8) is 0 Å². The second-order valence-corrected chi connectivity index (χ2v) is 8.19. The van der Waals surface area contributed by atoms with Crippen LogP contribution >= 0.6 is 11.6 Å². The standard InChI is InChI=1S/C19H23ClN2O5/c1-12-4-13(2-3-16(12)20)7-25-8-14-5-15(6-14)27-18(24)22-9-19(10-22)11-26-17(23)21-19/h2-4,14-15H,5-11H2,1H3,(H,21,23)/t14-,15+. The predicted molar refractivity (Wildman–Crippen MR) is 97.6 cm³/mol. The number of benzene rings is 1. The van der Waals surface area contributed by atoms with E-state index in [9.17, 15) is 9.59 Å². The molecule has 2 aliphatic heterocycles. The Morgan fingerprint density at radius 2 is 2.19 bits per heavy atom. The summed E-state index contributed by atoms with van der Waals surface area (Å²) in [6.07, 6.45) is 0.866. The molecule has 3 aliphatic rings. The number of carbonyl (C=O) groups is 2. The molecule has 1 spiro atoms. The van der Waals surface area contributed by atoms with E-state index < -0.39 is 11.6 Å². The van der Waals surface area contributed by atoms with Crippen LogP contribution in [0.25, 0.3) is 0 Å². The molecule has 0 bridgehead atoms. The Labute approximate surface area is 162 Å². The van der Waals surface area contributed by atoms with Gasteiger partial charge in [0.05, 0.1) is 26.3 Å². The van der Waals surface area contributed by atoms with Crippen LogP contribution in [0, 0.1) is 12.8 Å². The molecule has 0 radical (unpaired) electrons. The van der Waals surface area contributed by atoms with Crippen LogP contribution in [0.1, 0.15) is 24.0 Å². The second-order valence-electron chi connectivity index (χ2n) is 7.78. The minimum atomic E-state index is -0.418. The SMILES string of the molecule is Cc1cc(COC[C@H]2C[C@@H](OC(=O)N3CC4(COC(=O)N4)C3)C2)ccc1Cl. The van der Waals surface area contributed by atoms with E-state index in [4.69, 9.17) is 25.8 Å². The number of hydrogen-bond donors (Lipinski definition) is 1. The number of aryl methyl sites for hydroxylation is 1. The maximum atomic E-state index is 12.1. The molecule has 1 aromatic rings. The van der Waals surface area contributed by atoms with Gasteiger partial charge in [0.25, 0.3) is 0 Å². The van der Waals surface area contributed by atoms with E-state index in [1.54, 1.807) is 4.90 Å². The highest BCUT2D eigenvalue weighted by Crippen LogP contribution is 2.33. The fourth-order valence-corrected chi connectivity index (χ4v) is 3.86. The highest BCUT2D eigenvalue weighted by atomic mass is 35.5. The van der Waals surface area contributed by atoms with Crippen LogP contribution in [0.15, 0.2) is 18.2 Å². The average molecular weight is 395 g/mol. The summed E-state index contributed by atoms with van der Waals surface area (Å²) in [6, 6.07) is 5.89. The molecule has 146 valence electrons. The minimum absolute atomic E-state index is 0.0464. The highest BCUT2D eigenvalue weighted by molar-refractivity contribution is 6.31. The van der Waals surface area contributed by atoms with Gasteiger partial charge in [0.2, 0.25) is 0 Å². The van der Waals surface area contributed by atoms with Gasteiger partial charge in [-0.1, -0.05) is 23.7 Å². The van der Waals surface area contributed by atoms with Gasteiger partial charge in [0.15, 0.2) is 0 Å². The Hall–Kier alpha value is -1.99. The Kier molecular flexibility index (Phi) is 4.90. The second kappa shape index (κ2) is 7.20. The summed E-state index contributed by atoms with van der Waals surface area (Å²) in [6.45, 7) is 4.39. The quantitative estimate of drug-likeness (QED) is 0.830. The molecule has 0 unspecified atom stereocenters. The number of ether oxygens (including phenoxy) is 3. The third-order valence-corrected chi connectivity index (χ3v) is 5.82. The van der Waals surface area contributed by atoms with Crippen molar-refractivity contribution in [2.24, 2.45) is 5.92 Å². The third kappa shape index (κ3) is 3.99. The lowest BCUT2D eigenvalue weighted by molar-refractivity contribution is -0.0490. The van der Waals surface area contributed by atoms with Crippen LogP contribution in [0.3, 0.4) is 0 Å². The Bertz CT molecular complexity index is 744. The van der Waals surface area contributed by atoms with Crippen LogP contribution in [0.4, 0.5) is 9.59 Å². The molecule has 3 fully saturated rings. The van der Waals surface area contributed by atoms with Crippen molar-refractivity contribution in [2.45, 2.75) is 38.0 Å². The number of hydrogen-bond acceptors (Lipinski definition) is 5. The lowest BCUT2D eigenvalue weighted by Gasteiger charge is -2.46. The van der Waals surface area contributed by atoms with Gasteiger partial charge in [-0.15, -0.1) is 0 Å². The van der Waals surface area contributed by atoms with Gasteiger partial charge in [-0.3, -0.25) is 0 Å². The monoisotopic (exact) mass is 394 g/mol. The zero-order valence-electron chi connectivity index (χ0n) is 15.2. The Morgan fingerprint density at radius 1 is 1.41 bits per heavy atom. The molecule has 2 heterocycles. The smallest absolute Gasteiger partial charge is 0.410 e. The first-order valence-electron chi connectivity index (χ1n) is 9.16. The van der Waals surface area contributed by atoms with E-state index in [0.717, 1.165) is 29.0 Å². The molecule has 1 N–H and O–H groups in total. The summed E-state index contributed by atoms with van der Waals surface area (Å²) < 4.78 is 16.2. The van der Waals surface area contributed by atoms with Gasteiger partial charge >= 0.3 is 12.2 Å². The van der Waals surface area contributed by atoms with Crippen LogP contribution in [-0.4, -0.2) is 55.0 Å². The van der Waals surface area contributed by atoms with E-state index in [1.807, 2.05) is 25.1 Å². The van der Waals surface area contributed by atoms with Gasteiger partial charge < -0.3 is 24.4 Å². The lowest BCUT2D eigenvalue weighted by atomic mass is 9.83. The van der Waals surface area contributed by atoms with Crippen molar-refractivity contribution in [1.29, 1.82) is 0 Å². The minimum Gasteiger partial charge on any atom is -0.447 e. The molecule has 0 aromatic heterocycles. The van der Waals surface area contributed by atoms with Crippen molar-refractivity contribution in [3.05, 3.63) is 34.3 Å². The summed E-state index contributed by atoms with van der Waals surface area (Å²) in [4.78, 5) is 24.8. The third-order valence-electron chi connectivity index (χ3n) is 5.40. The van der Waals surface area contributed by atoms with E-state index in [2.05, 4.69) is 5.32 Å². The molecule has 27 heavy (non-hydrogen) atoms. The molecule has 0 atom stereocenters. The zero-order valence-corrected chi connectivity index (χ0v) is 16.0. The number of nitrogens with zero attached hydrogens (tertiary/aromatic N) is 1. The Morgan fingerprint density at radius 3 is 2.85 bits per heavy atom. The number of nitrogens with one attached hydrogen (secondary N) is 1. The predicted octanol–water partition coefficient (Wildman–Crippen LogP) is 2.87. The molecule has 1 aromatic carbocycles. The molecule has 1 aliphatic carbocycles. The molecular weight excluding hydrogens is 372 g/mol.